The van der Waals surface area contributed by atoms with Gasteiger partial charge in [-0.3, -0.25) is 0 Å². The Bertz CT molecular complexity index is 2470. The normalized spacial score (nSPS) is 11.7. The largest absolute Gasteiger partial charge is 0.129 e. The molecule has 0 aliphatic rings. The predicted octanol–water partition coefficient (Wildman–Crippen LogP) is 13.5. The highest BCUT2D eigenvalue weighted by molar-refractivity contribution is 9.10. The highest BCUT2D eigenvalue weighted by Gasteiger charge is 2.15. The van der Waals surface area contributed by atoms with Gasteiger partial charge in [-0.25, -0.2) is 0 Å². The van der Waals surface area contributed by atoms with Crippen molar-refractivity contribution in [1.82, 2.24) is 0 Å². The average Bonchev–Trinajstić information content (AvgIpc) is 3.08. The number of benzene rings is 8. The highest BCUT2D eigenvalue weighted by atomic mass is 79.9. The highest BCUT2D eigenvalue weighted by Crippen LogP contribution is 2.40. The van der Waals surface area contributed by atoms with Gasteiger partial charge in [0, 0.05) is 21.0 Å². The third-order valence-electron chi connectivity index (χ3n) is 8.73. The van der Waals surface area contributed by atoms with Gasteiger partial charge in [0.2, 0.25) is 0 Å². The van der Waals surface area contributed by atoms with E-state index in [9.17, 15) is 0 Å². The monoisotopic (exact) mass is 726 g/mol. The van der Waals surface area contributed by atoms with Crippen molar-refractivity contribution in [2.75, 3.05) is 0 Å². The summed E-state index contributed by atoms with van der Waals surface area (Å²) in [6, 6.07) is 45.7. The van der Waals surface area contributed by atoms with E-state index in [-0.39, 0.29) is 0 Å². The van der Waals surface area contributed by atoms with Crippen LogP contribution >= 0.6 is 15.9 Å². The minimum atomic E-state index is -1.52. The first kappa shape index (κ1) is 32.9. The first-order chi connectivity index (χ1) is 23.5. The molecule has 0 aliphatic carbocycles. The molecule has 0 aromatic heterocycles. The number of halogens is 1. The van der Waals surface area contributed by atoms with Crippen LogP contribution in [-0.4, -0.2) is 16.1 Å². The summed E-state index contributed by atoms with van der Waals surface area (Å²) in [4.78, 5) is 0. The van der Waals surface area contributed by atoms with Crippen LogP contribution in [0.4, 0.5) is 0 Å². The topological polar surface area (TPSA) is 0 Å². The SMILES string of the molecule is C[Si](C)(C)C#Cc1cccc(-c2cccc3cccc(Br)c23)c1C#C[Si](C)(C)C.c1cc2cccc3c4cccc5cccc(c(c1)c23)c54. The Morgan fingerprint density at radius 2 is 0.796 bits per heavy atom. The zero-order valence-electron chi connectivity index (χ0n) is 29.0. The molecular formula is C46H39BrSi2. The maximum Gasteiger partial charge on any atom is 0.129 e. The fourth-order valence-corrected chi connectivity index (χ4v) is 8.22. The van der Waals surface area contributed by atoms with E-state index in [1.54, 1.807) is 0 Å². The molecule has 0 fully saturated rings. The third-order valence-corrected chi connectivity index (χ3v) is 11.1. The maximum atomic E-state index is 3.76. The van der Waals surface area contributed by atoms with Crippen molar-refractivity contribution in [1.29, 1.82) is 0 Å². The Balaban J connectivity index is 0.000000163. The molecule has 0 saturated heterocycles. The summed E-state index contributed by atoms with van der Waals surface area (Å²) < 4.78 is 1.10. The van der Waals surface area contributed by atoms with Gasteiger partial charge in [-0.05, 0) is 71.7 Å². The van der Waals surface area contributed by atoms with Gasteiger partial charge in [0.05, 0.1) is 0 Å². The minimum Gasteiger partial charge on any atom is -0.127 e. The molecule has 0 N–H and O–H groups in total. The van der Waals surface area contributed by atoms with Gasteiger partial charge in [-0.2, -0.15) is 0 Å². The van der Waals surface area contributed by atoms with E-state index in [4.69, 9.17) is 0 Å². The number of fused-ring (bicyclic) bond motifs is 3. The van der Waals surface area contributed by atoms with Crippen molar-refractivity contribution in [3.05, 3.63) is 143 Å². The van der Waals surface area contributed by atoms with Gasteiger partial charge < -0.3 is 0 Å². The summed E-state index contributed by atoms with van der Waals surface area (Å²) in [6.07, 6.45) is 0. The number of hydrogen-bond acceptors (Lipinski definition) is 0. The summed E-state index contributed by atoms with van der Waals surface area (Å²) in [5.41, 5.74) is 11.6. The first-order valence-corrected chi connectivity index (χ1v) is 24.7. The van der Waals surface area contributed by atoms with E-state index in [0.717, 1.165) is 21.2 Å². The molecule has 0 nitrogen and oxygen atoms in total. The molecule has 0 bridgehead atoms. The van der Waals surface area contributed by atoms with Crippen molar-refractivity contribution in [3.63, 3.8) is 0 Å². The van der Waals surface area contributed by atoms with Crippen LogP contribution < -0.4 is 0 Å². The lowest BCUT2D eigenvalue weighted by atomic mass is 9.90. The zero-order valence-corrected chi connectivity index (χ0v) is 32.6. The van der Waals surface area contributed by atoms with Gasteiger partial charge >= 0.3 is 0 Å². The van der Waals surface area contributed by atoms with Gasteiger partial charge in [0.25, 0.3) is 0 Å². The molecule has 0 spiro atoms. The van der Waals surface area contributed by atoms with Crippen molar-refractivity contribution in [2.45, 2.75) is 39.3 Å². The lowest BCUT2D eigenvalue weighted by Crippen LogP contribution is -2.17. The maximum absolute atomic E-state index is 3.76. The van der Waals surface area contributed by atoms with Crippen LogP contribution in [0, 0.1) is 22.9 Å². The molecule has 49 heavy (non-hydrogen) atoms. The second-order valence-corrected chi connectivity index (χ2v) is 25.1. The van der Waals surface area contributed by atoms with Crippen LogP contribution in [0.3, 0.4) is 0 Å². The minimum absolute atomic E-state index is 1.04. The molecule has 238 valence electrons. The second-order valence-electron chi connectivity index (χ2n) is 14.8. The van der Waals surface area contributed by atoms with Crippen molar-refractivity contribution >= 4 is 85.9 Å². The molecule has 0 heterocycles. The Morgan fingerprint density at radius 3 is 1.29 bits per heavy atom. The molecule has 0 atom stereocenters. The summed E-state index contributed by atoms with van der Waals surface area (Å²) in [5, 5.41) is 13.3. The molecule has 0 radical (unpaired) electrons. The van der Waals surface area contributed by atoms with E-state index < -0.39 is 16.1 Å². The Labute approximate surface area is 300 Å². The van der Waals surface area contributed by atoms with Gasteiger partial charge in [-0.1, -0.05) is 182 Å². The molecule has 0 unspecified atom stereocenters. The Kier molecular flexibility index (Phi) is 8.72. The molecule has 3 heteroatoms. The first-order valence-electron chi connectivity index (χ1n) is 16.9. The molecule has 0 amide bonds. The molecular weight excluding hydrogens is 689 g/mol. The molecule has 8 aromatic carbocycles. The quantitative estimate of drug-likeness (QED) is 0.0684. The van der Waals surface area contributed by atoms with Crippen LogP contribution in [-0.2, 0) is 0 Å². The van der Waals surface area contributed by atoms with E-state index >= 15 is 0 Å². The van der Waals surface area contributed by atoms with E-state index in [1.807, 2.05) is 0 Å². The standard InChI is InChI=1S/C26H27BrSi2.C20H12/c1-28(2,3)18-16-20-10-7-13-23(22(20)17-19-29(4,5)6)24-14-8-11-21-12-9-15-25(27)26(21)24;1-5-13-6-2-11-17-18-12-4-8-14-7-3-10-16(20(14)18)15(9-1)19(13)17/h7-15H,1-6H3;1-12H. The molecule has 8 aromatic rings. The van der Waals surface area contributed by atoms with Crippen molar-refractivity contribution < 1.29 is 0 Å². The van der Waals surface area contributed by atoms with Gasteiger partial charge in [0.15, 0.2) is 0 Å². The summed E-state index contributed by atoms with van der Waals surface area (Å²) in [5.74, 6) is 7.03. The lowest BCUT2D eigenvalue weighted by Gasteiger charge is -2.13. The third kappa shape index (κ3) is 6.68. The van der Waals surface area contributed by atoms with Crippen LogP contribution in [0.15, 0.2) is 132 Å². The van der Waals surface area contributed by atoms with Crippen molar-refractivity contribution in [3.8, 4) is 34.1 Å². The fraction of sp³-hybridized carbons (Fsp3) is 0.130. The molecule has 0 saturated carbocycles. The van der Waals surface area contributed by atoms with Gasteiger partial charge in [-0.15, -0.1) is 11.1 Å². The fourth-order valence-electron chi connectivity index (χ4n) is 6.62. The lowest BCUT2D eigenvalue weighted by molar-refractivity contribution is 1.56. The van der Waals surface area contributed by atoms with Crippen LogP contribution in [0.25, 0.3) is 65.0 Å². The summed E-state index contributed by atoms with van der Waals surface area (Å²) >= 11 is 3.76. The predicted molar refractivity (Wildman–Crippen MR) is 225 cm³/mol. The number of rotatable bonds is 1. The van der Waals surface area contributed by atoms with E-state index in [2.05, 4.69) is 206 Å². The van der Waals surface area contributed by atoms with E-state index in [1.165, 1.54) is 59.4 Å². The summed E-state index contributed by atoms with van der Waals surface area (Å²) in [6.45, 7) is 13.7. The summed E-state index contributed by atoms with van der Waals surface area (Å²) in [7, 11) is -3.00. The van der Waals surface area contributed by atoms with Crippen LogP contribution in [0.1, 0.15) is 11.1 Å². The smallest absolute Gasteiger partial charge is 0.127 e. The average molecular weight is 728 g/mol. The van der Waals surface area contributed by atoms with E-state index in [0.29, 0.717) is 0 Å². The second kappa shape index (κ2) is 13.0. The Hall–Kier alpha value is -4.65. The number of hydrogen-bond donors (Lipinski definition) is 0. The van der Waals surface area contributed by atoms with Crippen LogP contribution in [0.5, 0.6) is 0 Å². The van der Waals surface area contributed by atoms with Gasteiger partial charge in [0.1, 0.15) is 16.1 Å². The Morgan fingerprint density at radius 1 is 0.408 bits per heavy atom. The van der Waals surface area contributed by atoms with Crippen LogP contribution in [0.2, 0.25) is 39.3 Å². The molecule has 8 rings (SSSR count). The zero-order chi connectivity index (χ0) is 34.3. The van der Waals surface area contributed by atoms with Crippen molar-refractivity contribution in [2.24, 2.45) is 0 Å². The molecule has 0 aliphatic heterocycles.